The van der Waals surface area contributed by atoms with Crippen LogP contribution in [0.5, 0.6) is 0 Å². The second-order valence-electron chi connectivity index (χ2n) is 0. The Morgan fingerprint density at radius 2 is 0.750 bits per heavy atom. The fourth-order valence-electron chi connectivity index (χ4n) is 0. The van der Waals surface area contributed by atoms with Crippen LogP contribution in [0.3, 0.4) is 0 Å². The summed E-state index contributed by atoms with van der Waals surface area (Å²) in [6, 6.07) is 0. The molecule has 0 rings (SSSR count). The molecule has 0 saturated carbocycles. The van der Waals surface area contributed by atoms with E-state index in [-0.39, 0.29) is 59.1 Å². The van der Waals surface area contributed by atoms with Crippen LogP contribution in [0.25, 0.3) is 0 Å². The van der Waals surface area contributed by atoms with E-state index in [1.165, 1.54) is 0 Å². The molecular formula is C2H4Na2. The maximum absolute atomic E-state index is 3.00. The third kappa shape index (κ3) is 9.27. The summed E-state index contributed by atoms with van der Waals surface area (Å²) >= 11 is 0. The van der Waals surface area contributed by atoms with Crippen LogP contribution in [0, 0.1) is 0 Å². The summed E-state index contributed by atoms with van der Waals surface area (Å²) in [6.45, 7) is 6.00. The Bertz CT molecular complexity index is 4.00. The molecule has 0 aromatic heterocycles. The molecule has 0 fully saturated rings. The van der Waals surface area contributed by atoms with Gasteiger partial charge in [-0.25, -0.2) is 0 Å². The molecule has 0 nitrogen and oxygen atoms in total. The van der Waals surface area contributed by atoms with Crippen LogP contribution in [0.2, 0.25) is 0 Å². The van der Waals surface area contributed by atoms with Crippen LogP contribution >= 0.6 is 0 Å². The zero-order valence-electron chi connectivity index (χ0n) is 3.41. The van der Waals surface area contributed by atoms with Crippen LogP contribution in [-0.2, 0) is 0 Å². The molecule has 0 aliphatic carbocycles. The Balaban J connectivity index is -0.00000000500. The molecule has 0 N–H and O–H groups in total. The molecule has 4 heavy (non-hydrogen) atoms. The van der Waals surface area contributed by atoms with Crippen LogP contribution in [-0.4, -0.2) is 59.1 Å². The molecule has 2 heteroatoms. The monoisotopic (exact) mass is 74.0 g/mol. The van der Waals surface area contributed by atoms with Gasteiger partial charge in [0, 0.05) is 59.1 Å². The van der Waals surface area contributed by atoms with E-state index >= 15 is 0 Å². The van der Waals surface area contributed by atoms with Gasteiger partial charge in [0.2, 0.25) is 0 Å². The van der Waals surface area contributed by atoms with E-state index < -0.39 is 0 Å². The van der Waals surface area contributed by atoms with Gasteiger partial charge in [-0.05, 0) is 0 Å². The number of hydrogen-bond donors (Lipinski definition) is 0. The van der Waals surface area contributed by atoms with Crippen molar-refractivity contribution in [1.82, 2.24) is 0 Å². The summed E-state index contributed by atoms with van der Waals surface area (Å²) in [5, 5.41) is 0. The van der Waals surface area contributed by atoms with Gasteiger partial charge < -0.3 is 0 Å². The summed E-state index contributed by atoms with van der Waals surface area (Å²) in [4.78, 5) is 0. The smallest absolute Gasteiger partial charge is 0 e. The fourth-order valence-corrected chi connectivity index (χ4v) is 0. The molecule has 0 bridgehead atoms. The minimum absolute atomic E-state index is 0. The Labute approximate surface area is 71.2 Å². The van der Waals surface area contributed by atoms with Crippen LogP contribution in [0.15, 0.2) is 13.2 Å². The van der Waals surface area contributed by atoms with Gasteiger partial charge in [-0.2, -0.15) is 0 Å². The first-order valence-electron chi connectivity index (χ1n) is 0.500. The summed E-state index contributed by atoms with van der Waals surface area (Å²) in [5.74, 6) is 0. The van der Waals surface area contributed by atoms with Gasteiger partial charge in [-0.15, -0.1) is 13.2 Å². The van der Waals surface area contributed by atoms with Gasteiger partial charge in [-0.1, -0.05) is 0 Å². The Morgan fingerprint density at radius 3 is 0.750 bits per heavy atom. The fraction of sp³-hybridized carbons (Fsp3) is 0. The summed E-state index contributed by atoms with van der Waals surface area (Å²) in [7, 11) is 0. The third-order valence-electron chi connectivity index (χ3n) is 0. The summed E-state index contributed by atoms with van der Waals surface area (Å²) in [5.41, 5.74) is 0. The van der Waals surface area contributed by atoms with Gasteiger partial charge in [0.25, 0.3) is 0 Å². The van der Waals surface area contributed by atoms with Gasteiger partial charge in [0.1, 0.15) is 0 Å². The second kappa shape index (κ2) is 21.9. The molecule has 0 spiro atoms. The van der Waals surface area contributed by atoms with Crippen molar-refractivity contribution in [3.63, 3.8) is 0 Å². The number of hydrogen-bond acceptors (Lipinski definition) is 0. The molecule has 2 radical (unpaired) electrons. The van der Waals surface area contributed by atoms with Gasteiger partial charge in [0.15, 0.2) is 0 Å². The minimum Gasteiger partial charge on any atom is -0.106 e. The van der Waals surface area contributed by atoms with E-state index in [2.05, 4.69) is 13.2 Å². The minimum atomic E-state index is 0. The van der Waals surface area contributed by atoms with E-state index in [0.29, 0.717) is 0 Å². The van der Waals surface area contributed by atoms with Crippen molar-refractivity contribution in [3.8, 4) is 0 Å². The first-order chi connectivity index (χ1) is 1.00. The zero-order chi connectivity index (χ0) is 2.00. The number of rotatable bonds is 0. The predicted molar refractivity (Wildman–Crippen MR) is 22.8 cm³/mol. The van der Waals surface area contributed by atoms with Crippen LogP contribution in [0.1, 0.15) is 0 Å². The standard InChI is InChI=1S/C2H4.2Na/c1-2;;/h1-2H2;;. The summed E-state index contributed by atoms with van der Waals surface area (Å²) < 4.78 is 0. The van der Waals surface area contributed by atoms with E-state index in [1.54, 1.807) is 0 Å². The third-order valence-corrected chi connectivity index (χ3v) is 0. The quantitative estimate of drug-likeness (QED) is 0.281. The molecule has 0 aromatic rings. The van der Waals surface area contributed by atoms with Crippen molar-refractivity contribution in [2.45, 2.75) is 0 Å². The average molecular weight is 74.0 g/mol. The van der Waals surface area contributed by atoms with Crippen LogP contribution in [0.4, 0.5) is 0 Å². The molecule has 0 amide bonds. The molecule has 0 unspecified atom stereocenters. The van der Waals surface area contributed by atoms with E-state index in [1.807, 2.05) is 0 Å². The Hall–Kier alpha value is 1.74. The maximum Gasteiger partial charge on any atom is 0 e. The van der Waals surface area contributed by atoms with Crippen LogP contribution < -0.4 is 0 Å². The average Bonchev–Trinajstić information content (AvgIpc) is 1.00. The zero-order valence-corrected chi connectivity index (χ0v) is 7.41. The second-order valence-corrected chi connectivity index (χ2v) is 0. The first-order valence-corrected chi connectivity index (χ1v) is 0.500. The largest absolute Gasteiger partial charge is 0.106 e. The molecule has 0 atom stereocenters. The van der Waals surface area contributed by atoms with E-state index in [4.69, 9.17) is 0 Å². The van der Waals surface area contributed by atoms with Crippen molar-refractivity contribution < 1.29 is 0 Å². The Kier molecular flexibility index (Phi) is 94.0. The van der Waals surface area contributed by atoms with Crippen molar-refractivity contribution in [1.29, 1.82) is 0 Å². The molecule has 0 aromatic carbocycles. The van der Waals surface area contributed by atoms with Gasteiger partial charge in [-0.3, -0.25) is 0 Å². The maximum atomic E-state index is 3.00. The molecule has 0 saturated heterocycles. The van der Waals surface area contributed by atoms with Gasteiger partial charge >= 0.3 is 0 Å². The van der Waals surface area contributed by atoms with Crippen molar-refractivity contribution in [2.24, 2.45) is 0 Å². The molecular weight excluding hydrogens is 70.0 g/mol. The Morgan fingerprint density at radius 1 is 0.750 bits per heavy atom. The van der Waals surface area contributed by atoms with Gasteiger partial charge in [0.05, 0.1) is 0 Å². The summed E-state index contributed by atoms with van der Waals surface area (Å²) in [6.07, 6.45) is 0. The SMILES string of the molecule is C=C.[Na].[Na]. The first kappa shape index (κ1) is 17.2. The van der Waals surface area contributed by atoms with Crippen molar-refractivity contribution >= 4 is 59.1 Å². The molecule has 0 aliphatic rings. The van der Waals surface area contributed by atoms with Crippen molar-refractivity contribution in [2.75, 3.05) is 0 Å². The van der Waals surface area contributed by atoms with E-state index in [9.17, 15) is 0 Å². The molecule has 0 heterocycles. The molecule has 14 valence electrons. The predicted octanol–water partition coefficient (Wildman–Crippen LogP) is 0.0406. The topological polar surface area (TPSA) is 0 Å². The normalized spacial score (nSPS) is 1.00. The van der Waals surface area contributed by atoms with Crippen molar-refractivity contribution in [3.05, 3.63) is 13.2 Å². The van der Waals surface area contributed by atoms with E-state index in [0.717, 1.165) is 0 Å². The molecule has 0 aliphatic heterocycles.